The van der Waals surface area contributed by atoms with Crippen LogP contribution < -0.4 is 15.4 Å². The molecule has 0 bridgehead atoms. The van der Waals surface area contributed by atoms with Crippen LogP contribution >= 0.6 is 23.8 Å². The molecule has 0 saturated heterocycles. The van der Waals surface area contributed by atoms with Gasteiger partial charge in [0, 0.05) is 11.3 Å². The van der Waals surface area contributed by atoms with Crippen LogP contribution in [0.4, 0.5) is 5.69 Å². The second kappa shape index (κ2) is 9.24. The van der Waals surface area contributed by atoms with Crippen LogP contribution in [0.2, 0.25) is 5.02 Å². The molecule has 1 aromatic heterocycles. The molecule has 29 heavy (non-hydrogen) atoms. The van der Waals surface area contributed by atoms with Gasteiger partial charge >= 0.3 is 0 Å². The predicted molar refractivity (Wildman–Crippen MR) is 117 cm³/mol. The maximum Gasteiger partial charge on any atom is 0.246 e. The lowest BCUT2D eigenvalue weighted by Gasteiger charge is -2.14. The molecule has 4 rings (SSSR count). The van der Waals surface area contributed by atoms with E-state index >= 15 is 0 Å². The zero-order chi connectivity index (χ0) is 20.1. The average molecular weight is 429 g/mol. The standard InChI is InChI=1S/C21H21ClN4O2S/c22-18-8-4-3-7-17(18)20-25-19(28-26-20)13-23-21(29)24-14-9-11-16(12-10-14)27-15-5-1-2-6-15/h3-4,7-12,15H,1-2,5-6,13H2,(H2,23,24,29). The van der Waals surface area contributed by atoms with Gasteiger partial charge in [-0.2, -0.15) is 4.98 Å². The average Bonchev–Trinajstić information content (AvgIpc) is 3.40. The number of hydrogen-bond acceptors (Lipinski definition) is 5. The van der Waals surface area contributed by atoms with Crippen molar-refractivity contribution in [3.8, 4) is 17.1 Å². The lowest BCUT2D eigenvalue weighted by molar-refractivity contribution is 0.210. The van der Waals surface area contributed by atoms with E-state index in [1.807, 2.05) is 42.5 Å². The highest BCUT2D eigenvalue weighted by Crippen LogP contribution is 2.26. The summed E-state index contributed by atoms with van der Waals surface area (Å²) >= 11 is 11.5. The van der Waals surface area contributed by atoms with Crippen molar-refractivity contribution < 1.29 is 9.26 Å². The van der Waals surface area contributed by atoms with Crippen LogP contribution in [-0.4, -0.2) is 21.4 Å². The summed E-state index contributed by atoms with van der Waals surface area (Å²) in [7, 11) is 0. The first-order chi connectivity index (χ1) is 14.2. The van der Waals surface area contributed by atoms with Crippen molar-refractivity contribution >= 4 is 34.6 Å². The third-order valence-corrected chi connectivity index (χ3v) is 5.28. The molecule has 0 atom stereocenters. The molecule has 0 radical (unpaired) electrons. The summed E-state index contributed by atoms with van der Waals surface area (Å²) in [6.07, 6.45) is 5.14. The van der Waals surface area contributed by atoms with E-state index in [9.17, 15) is 0 Å². The molecule has 8 heteroatoms. The van der Waals surface area contributed by atoms with Crippen molar-refractivity contribution in [3.63, 3.8) is 0 Å². The second-order valence-electron chi connectivity index (χ2n) is 6.85. The maximum absolute atomic E-state index is 6.17. The quantitative estimate of drug-likeness (QED) is 0.523. The van der Waals surface area contributed by atoms with Gasteiger partial charge in [0.05, 0.1) is 17.7 Å². The van der Waals surface area contributed by atoms with Crippen molar-refractivity contribution in [1.29, 1.82) is 0 Å². The van der Waals surface area contributed by atoms with E-state index < -0.39 is 0 Å². The molecule has 1 aliphatic rings. The van der Waals surface area contributed by atoms with Crippen molar-refractivity contribution in [3.05, 3.63) is 59.4 Å². The number of thiocarbonyl (C=S) groups is 1. The minimum absolute atomic E-state index is 0.312. The Labute approximate surface area is 179 Å². The number of nitrogens with one attached hydrogen (secondary N) is 2. The van der Waals surface area contributed by atoms with E-state index in [-0.39, 0.29) is 0 Å². The van der Waals surface area contributed by atoms with Crippen LogP contribution in [0.3, 0.4) is 0 Å². The minimum atomic E-state index is 0.312. The molecule has 1 saturated carbocycles. The number of ether oxygens (including phenoxy) is 1. The van der Waals surface area contributed by atoms with Gasteiger partial charge in [0.2, 0.25) is 11.7 Å². The summed E-state index contributed by atoms with van der Waals surface area (Å²) in [6.45, 7) is 0.312. The Morgan fingerprint density at radius 1 is 1.14 bits per heavy atom. The molecule has 0 aliphatic heterocycles. The number of halogens is 1. The van der Waals surface area contributed by atoms with E-state index in [1.165, 1.54) is 12.8 Å². The first-order valence-electron chi connectivity index (χ1n) is 9.56. The number of anilines is 1. The van der Waals surface area contributed by atoms with Crippen LogP contribution in [0, 0.1) is 0 Å². The first kappa shape index (κ1) is 19.7. The number of nitrogens with zero attached hydrogens (tertiary/aromatic N) is 2. The van der Waals surface area contributed by atoms with Gasteiger partial charge in [-0.05, 0) is 74.3 Å². The van der Waals surface area contributed by atoms with Crippen LogP contribution in [0.1, 0.15) is 31.6 Å². The number of hydrogen-bond donors (Lipinski definition) is 2. The highest BCUT2D eigenvalue weighted by molar-refractivity contribution is 7.80. The third kappa shape index (κ3) is 5.25. The van der Waals surface area contributed by atoms with Gasteiger partial charge in [-0.15, -0.1) is 0 Å². The van der Waals surface area contributed by atoms with Crippen LogP contribution in [-0.2, 0) is 6.54 Å². The van der Waals surface area contributed by atoms with Gasteiger partial charge in [-0.1, -0.05) is 28.9 Å². The number of benzene rings is 2. The van der Waals surface area contributed by atoms with Crippen LogP contribution in [0.5, 0.6) is 5.75 Å². The molecule has 6 nitrogen and oxygen atoms in total. The summed E-state index contributed by atoms with van der Waals surface area (Å²) in [4.78, 5) is 4.35. The van der Waals surface area contributed by atoms with Gasteiger partial charge in [-0.3, -0.25) is 0 Å². The molecular formula is C21H21ClN4O2S. The Bertz CT molecular complexity index is 971. The molecule has 0 amide bonds. The number of aromatic nitrogens is 2. The van der Waals surface area contributed by atoms with Crippen molar-refractivity contribution in [2.24, 2.45) is 0 Å². The normalized spacial score (nSPS) is 14.0. The lowest BCUT2D eigenvalue weighted by atomic mass is 10.2. The Morgan fingerprint density at radius 3 is 2.66 bits per heavy atom. The molecule has 1 fully saturated rings. The van der Waals surface area contributed by atoms with Crippen molar-refractivity contribution in [1.82, 2.24) is 15.5 Å². The van der Waals surface area contributed by atoms with Gasteiger partial charge in [-0.25, -0.2) is 0 Å². The maximum atomic E-state index is 6.17. The topological polar surface area (TPSA) is 72.2 Å². The molecule has 2 N–H and O–H groups in total. The Morgan fingerprint density at radius 2 is 1.90 bits per heavy atom. The fraction of sp³-hybridized carbons (Fsp3) is 0.286. The predicted octanol–water partition coefficient (Wildman–Crippen LogP) is 5.20. The summed E-state index contributed by atoms with van der Waals surface area (Å²) in [5.74, 6) is 1.76. The highest BCUT2D eigenvalue weighted by Gasteiger charge is 2.16. The molecule has 1 heterocycles. The lowest BCUT2D eigenvalue weighted by Crippen LogP contribution is -2.28. The Kier molecular flexibility index (Phi) is 6.27. The van der Waals surface area contributed by atoms with Crippen molar-refractivity contribution in [2.75, 3.05) is 5.32 Å². The van der Waals surface area contributed by atoms with E-state index in [2.05, 4.69) is 20.8 Å². The van der Waals surface area contributed by atoms with Crippen LogP contribution in [0.25, 0.3) is 11.4 Å². The fourth-order valence-corrected chi connectivity index (χ4v) is 3.64. The Hall–Kier alpha value is -2.64. The molecular weight excluding hydrogens is 408 g/mol. The SMILES string of the molecule is S=C(NCc1nc(-c2ccccc2Cl)no1)Nc1ccc(OC2CCCC2)cc1. The monoisotopic (exact) mass is 428 g/mol. The van der Waals surface area contributed by atoms with Gasteiger partial charge < -0.3 is 19.9 Å². The summed E-state index contributed by atoms with van der Waals surface area (Å²) in [5.41, 5.74) is 1.60. The summed E-state index contributed by atoms with van der Waals surface area (Å²) in [5, 5.41) is 11.2. The highest BCUT2D eigenvalue weighted by atomic mass is 35.5. The molecule has 3 aromatic rings. The minimum Gasteiger partial charge on any atom is -0.490 e. The number of rotatable bonds is 6. The summed E-state index contributed by atoms with van der Waals surface area (Å²) in [6, 6.07) is 15.2. The molecule has 0 spiro atoms. The van der Waals surface area contributed by atoms with Gasteiger partial charge in [0.1, 0.15) is 5.75 Å². The largest absolute Gasteiger partial charge is 0.490 e. The van der Waals surface area contributed by atoms with E-state index in [0.717, 1.165) is 29.8 Å². The second-order valence-corrected chi connectivity index (χ2v) is 7.66. The smallest absolute Gasteiger partial charge is 0.246 e. The van der Waals surface area contributed by atoms with E-state index in [0.29, 0.717) is 34.5 Å². The van der Waals surface area contributed by atoms with Crippen LogP contribution in [0.15, 0.2) is 53.1 Å². The molecule has 2 aromatic carbocycles. The first-order valence-corrected chi connectivity index (χ1v) is 10.3. The molecule has 150 valence electrons. The van der Waals surface area contributed by atoms with Crippen molar-refractivity contribution in [2.45, 2.75) is 38.3 Å². The van der Waals surface area contributed by atoms with Gasteiger partial charge in [0.25, 0.3) is 0 Å². The molecule has 1 aliphatic carbocycles. The zero-order valence-corrected chi connectivity index (χ0v) is 17.3. The molecule has 0 unspecified atom stereocenters. The fourth-order valence-electron chi connectivity index (χ4n) is 3.23. The Balaban J connectivity index is 1.27. The van der Waals surface area contributed by atoms with E-state index in [1.54, 1.807) is 6.07 Å². The zero-order valence-electron chi connectivity index (χ0n) is 15.7. The van der Waals surface area contributed by atoms with E-state index in [4.69, 9.17) is 33.1 Å². The third-order valence-electron chi connectivity index (χ3n) is 4.70. The van der Waals surface area contributed by atoms with Gasteiger partial charge in [0.15, 0.2) is 5.11 Å². The summed E-state index contributed by atoms with van der Waals surface area (Å²) < 4.78 is 11.2.